The molecule has 1 aliphatic carbocycles. The number of sulfone groups is 1. The molecule has 6 nitrogen and oxygen atoms in total. The van der Waals surface area contributed by atoms with Crippen LogP contribution in [0, 0.1) is 11.8 Å². The number of hydrogen-bond donors (Lipinski definition) is 2. The van der Waals surface area contributed by atoms with Gasteiger partial charge in [-0.25, -0.2) is 8.42 Å². The molecule has 1 heterocycles. The summed E-state index contributed by atoms with van der Waals surface area (Å²) in [6, 6.07) is -0.281. The molecule has 2 amide bonds. The largest absolute Gasteiger partial charge is 0.356 e. The van der Waals surface area contributed by atoms with E-state index in [9.17, 15) is 18.0 Å². The molecule has 2 aliphatic rings. The molecule has 2 rings (SSSR count). The summed E-state index contributed by atoms with van der Waals surface area (Å²) < 4.78 is 22.7. The van der Waals surface area contributed by atoms with Crippen molar-refractivity contribution in [2.45, 2.75) is 45.1 Å². The predicted molar refractivity (Wildman–Crippen MR) is 79.3 cm³/mol. The van der Waals surface area contributed by atoms with Crippen molar-refractivity contribution in [3.8, 4) is 0 Å². The van der Waals surface area contributed by atoms with E-state index in [1.807, 2.05) is 0 Å². The van der Waals surface area contributed by atoms with Crippen molar-refractivity contribution < 1.29 is 18.0 Å². The second-order valence-corrected chi connectivity index (χ2v) is 8.28. The maximum Gasteiger partial charge on any atom is 0.224 e. The number of hydrogen-bond acceptors (Lipinski definition) is 4. The number of nitrogens with one attached hydrogen (secondary N) is 2. The molecule has 2 fully saturated rings. The molecule has 0 aromatic carbocycles. The van der Waals surface area contributed by atoms with Gasteiger partial charge < -0.3 is 10.6 Å². The zero-order chi connectivity index (χ0) is 15.5. The third kappa shape index (κ3) is 4.69. The molecule has 0 aromatic heterocycles. The lowest BCUT2D eigenvalue weighted by Gasteiger charge is -2.10. The van der Waals surface area contributed by atoms with Crippen LogP contribution in [0.2, 0.25) is 0 Å². The van der Waals surface area contributed by atoms with Gasteiger partial charge in [0.2, 0.25) is 11.8 Å². The molecular weight excluding hydrogens is 292 g/mol. The molecule has 21 heavy (non-hydrogen) atoms. The maximum absolute atomic E-state index is 12.0. The molecule has 0 bridgehead atoms. The Kier molecular flexibility index (Phi) is 5.24. The molecule has 0 aromatic rings. The fraction of sp³-hybridized carbons (Fsp3) is 0.857. The Morgan fingerprint density at radius 3 is 2.48 bits per heavy atom. The monoisotopic (exact) mass is 316 g/mol. The fourth-order valence-corrected chi connectivity index (χ4v) is 4.38. The average molecular weight is 316 g/mol. The molecule has 120 valence electrons. The van der Waals surface area contributed by atoms with Gasteiger partial charge in [0.15, 0.2) is 9.84 Å². The molecular formula is C14H24N2O4S. The minimum Gasteiger partial charge on any atom is -0.356 e. The van der Waals surface area contributed by atoms with Crippen LogP contribution in [-0.2, 0) is 19.4 Å². The minimum absolute atomic E-state index is 0.0271. The Labute approximate surface area is 126 Å². The van der Waals surface area contributed by atoms with Crippen LogP contribution in [0.1, 0.15) is 39.0 Å². The normalized spacial score (nSPS) is 29.9. The predicted octanol–water partition coefficient (Wildman–Crippen LogP) is 0.232. The SMILES string of the molecule is CCCCCNC(=O)C1CC1C(=O)NC1CCS(=O)(=O)C1. The number of carbonyl (C=O) groups excluding carboxylic acids is 2. The lowest BCUT2D eigenvalue weighted by Crippen LogP contribution is -2.38. The fourth-order valence-electron chi connectivity index (χ4n) is 2.71. The molecule has 7 heteroatoms. The van der Waals surface area contributed by atoms with E-state index in [4.69, 9.17) is 0 Å². The van der Waals surface area contributed by atoms with Gasteiger partial charge in [0, 0.05) is 12.6 Å². The van der Waals surface area contributed by atoms with Gasteiger partial charge >= 0.3 is 0 Å². The molecule has 1 aliphatic heterocycles. The Bertz CT molecular complexity index is 503. The summed E-state index contributed by atoms with van der Waals surface area (Å²) in [7, 11) is -2.99. The van der Waals surface area contributed by atoms with Crippen molar-refractivity contribution in [1.82, 2.24) is 10.6 Å². The van der Waals surface area contributed by atoms with Crippen LogP contribution >= 0.6 is 0 Å². The number of rotatable bonds is 7. The molecule has 1 saturated carbocycles. The van der Waals surface area contributed by atoms with Gasteiger partial charge in [0.05, 0.1) is 23.3 Å². The standard InChI is InChI=1S/C14H24N2O4S/c1-2-3-4-6-15-13(17)11-8-12(11)14(18)16-10-5-7-21(19,20)9-10/h10-12H,2-9H2,1H3,(H,15,17)(H,16,18). The lowest BCUT2D eigenvalue weighted by molar-refractivity contribution is -0.127. The zero-order valence-electron chi connectivity index (χ0n) is 12.4. The van der Waals surface area contributed by atoms with Crippen LogP contribution in [0.5, 0.6) is 0 Å². The maximum atomic E-state index is 12.0. The minimum atomic E-state index is -2.99. The van der Waals surface area contributed by atoms with Crippen molar-refractivity contribution >= 4 is 21.7 Å². The summed E-state index contributed by atoms with van der Waals surface area (Å²) >= 11 is 0. The van der Waals surface area contributed by atoms with Crippen molar-refractivity contribution in [1.29, 1.82) is 0 Å². The van der Waals surface area contributed by atoms with Gasteiger partial charge in [-0.2, -0.15) is 0 Å². The number of unbranched alkanes of at least 4 members (excludes halogenated alkanes) is 2. The Hall–Kier alpha value is -1.11. The second-order valence-electron chi connectivity index (χ2n) is 6.06. The summed E-state index contributed by atoms with van der Waals surface area (Å²) in [6.45, 7) is 2.77. The quantitative estimate of drug-likeness (QED) is 0.658. The van der Waals surface area contributed by atoms with Crippen molar-refractivity contribution in [3.63, 3.8) is 0 Å². The first kappa shape index (κ1) is 16.3. The summed E-state index contributed by atoms with van der Waals surface area (Å²) in [4.78, 5) is 23.8. The van der Waals surface area contributed by atoms with Crippen LogP contribution in [0.4, 0.5) is 0 Å². The van der Waals surface area contributed by atoms with Gasteiger partial charge in [-0.15, -0.1) is 0 Å². The summed E-state index contributed by atoms with van der Waals surface area (Å²) in [5.41, 5.74) is 0. The first-order valence-electron chi connectivity index (χ1n) is 7.71. The highest BCUT2D eigenvalue weighted by atomic mass is 32.2. The van der Waals surface area contributed by atoms with E-state index in [0.717, 1.165) is 19.3 Å². The summed E-state index contributed by atoms with van der Waals surface area (Å²) in [5, 5.41) is 5.62. The summed E-state index contributed by atoms with van der Waals surface area (Å²) in [6.07, 6.45) is 4.21. The number of carbonyl (C=O) groups is 2. The topological polar surface area (TPSA) is 92.3 Å². The van der Waals surface area contributed by atoms with Gasteiger partial charge in [-0.3, -0.25) is 9.59 Å². The van der Waals surface area contributed by atoms with E-state index in [1.165, 1.54) is 0 Å². The zero-order valence-corrected chi connectivity index (χ0v) is 13.2. The number of amides is 2. The first-order valence-corrected chi connectivity index (χ1v) is 9.53. The Morgan fingerprint density at radius 2 is 1.86 bits per heavy atom. The van der Waals surface area contributed by atoms with Crippen molar-refractivity contribution in [2.75, 3.05) is 18.1 Å². The van der Waals surface area contributed by atoms with Crippen molar-refractivity contribution in [3.05, 3.63) is 0 Å². The van der Waals surface area contributed by atoms with Gasteiger partial charge in [0.25, 0.3) is 0 Å². The molecule has 2 N–H and O–H groups in total. The Balaban J connectivity index is 1.68. The molecule has 1 saturated heterocycles. The molecule has 3 atom stereocenters. The third-order valence-corrected chi connectivity index (χ3v) is 5.89. The lowest BCUT2D eigenvalue weighted by atomic mass is 10.2. The van der Waals surface area contributed by atoms with Crippen molar-refractivity contribution in [2.24, 2.45) is 11.8 Å². The van der Waals surface area contributed by atoms with E-state index in [0.29, 0.717) is 19.4 Å². The molecule has 0 radical (unpaired) electrons. The third-order valence-electron chi connectivity index (χ3n) is 4.12. The van der Waals surface area contributed by atoms with Crippen LogP contribution < -0.4 is 10.6 Å². The average Bonchev–Trinajstić information content (AvgIpc) is 3.15. The van der Waals surface area contributed by atoms with Gasteiger partial charge in [0.1, 0.15) is 0 Å². The van der Waals surface area contributed by atoms with Crippen LogP contribution in [0.3, 0.4) is 0 Å². The van der Waals surface area contributed by atoms with Gasteiger partial charge in [-0.05, 0) is 19.3 Å². The van der Waals surface area contributed by atoms with E-state index < -0.39 is 9.84 Å². The van der Waals surface area contributed by atoms with Crippen LogP contribution in [0.25, 0.3) is 0 Å². The van der Waals surface area contributed by atoms with Crippen LogP contribution in [-0.4, -0.2) is 44.3 Å². The highest BCUT2D eigenvalue weighted by Crippen LogP contribution is 2.39. The highest BCUT2D eigenvalue weighted by molar-refractivity contribution is 7.91. The molecule has 3 unspecified atom stereocenters. The second kappa shape index (κ2) is 6.77. The van der Waals surface area contributed by atoms with E-state index in [1.54, 1.807) is 0 Å². The van der Waals surface area contributed by atoms with E-state index in [-0.39, 0.29) is 41.2 Å². The van der Waals surface area contributed by atoms with E-state index in [2.05, 4.69) is 17.6 Å². The van der Waals surface area contributed by atoms with E-state index >= 15 is 0 Å². The highest BCUT2D eigenvalue weighted by Gasteiger charge is 2.48. The Morgan fingerprint density at radius 1 is 1.14 bits per heavy atom. The smallest absolute Gasteiger partial charge is 0.224 e. The van der Waals surface area contributed by atoms with Crippen LogP contribution in [0.15, 0.2) is 0 Å². The van der Waals surface area contributed by atoms with Gasteiger partial charge in [-0.1, -0.05) is 19.8 Å². The molecule has 0 spiro atoms. The first-order chi connectivity index (χ1) is 9.93. The summed E-state index contributed by atoms with van der Waals surface area (Å²) in [5.74, 6) is -0.566.